The molecule has 2 atom stereocenters. The highest BCUT2D eigenvalue weighted by molar-refractivity contribution is 5.99. The molecule has 37 heavy (non-hydrogen) atoms. The first kappa shape index (κ1) is 32.9. The summed E-state index contributed by atoms with van der Waals surface area (Å²) < 4.78 is 10.8. The molecule has 5 N–H and O–H groups in total. The fourth-order valence-electron chi connectivity index (χ4n) is 3.84. The molecule has 0 bridgehead atoms. The molecule has 0 heterocycles. The number of methoxy groups -OCH3 is 1. The van der Waals surface area contributed by atoms with Crippen LogP contribution >= 0.6 is 0 Å². The highest BCUT2D eigenvalue weighted by Gasteiger charge is 2.22. The largest absolute Gasteiger partial charge is 0.480 e. The number of unbranched alkanes of at least 4 members (excludes halogenated alkanes) is 3. The molecule has 0 radical (unpaired) electrons. The number of carbonyl (C=O) groups is 2. The normalized spacial score (nSPS) is 16.3. The number of ether oxygens (including phenoxy) is 2. The van der Waals surface area contributed by atoms with Crippen LogP contribution in [0.1, 0.15) is 78.1 Å². The smallest absolute Gasteiger partial charge is 0.326 e. The molecule has 1 amide bonds. The molecule has 10 heteroatoms. The lowest BCUT2D eigenvalue weighted by Gasteiger charge is -2.18. The molecule has 0 aromatic carbocycles. The van der Waals surface area contributed by atoms with Gasteiger partial charge in [0.2, 0.25) is 5.91 Å². The fraction of sp³-hybridized carbons (Fsp3) is 0.778. The Balaban J connectivity index is 2.06. The van der Waals surface area contributed by atoms with Crippen molar-refractivity contribution in [3.8, 4) is 0 Å². The van der Waals surface area contributed by atoms with E-state index in [0.717, 1.165) is 70.7 Å². The molecule has 1 aliphatic carbocycles. The van der Waals surface area contributed by atoms with Gasteiger partial charge in [-0.2, -0.15) is 0 Å². The number of amides is 1. The maximum absolute atomic E-state index is 12.5. The van der Waals surface area contributed by atoms with Gasteiger partial charge in [-0.3, -0.25) is 15.1 Å². The molecule has 1 rings (SSSR count). The SMILES string of the molecule is COC(C)NCCCOCCCCCCNCCCC(NC(=O)C1=CCC(=NCC(C)=N)CC1)C(=O)O. The highest BCUT2D eigenvalue weighted by atomic mass is 16.5. The summed E-state index contributed by atoms with van der Waals surface area (Å²) in [5.74, 6) is -1.31. The first-order chi connectivity index (χ1) is 17.8. The highest BCUT2D eigenvalue weighted by Crippen LogP contribution is 2.17. The van der Waals surface area contributed by atoms with Crippen molar-refractivity contribution in [1.82, 2.24) is 16.0 Å². The Hall–Kier alpha value is -2.14. The van der Waals surface area contributed by atoms with Gasteiger partial charge < -0.3 is 30.6 Å². The average molecular weight is 524 g/mol. The van der Waals surface area contributed by atoms with Crippen LogP contribution in [0.15, 0.2) is 16.6 Å². The van der Waals surface area contributed by atoms with E-state index in [9.17, 15) is 14.7 Å². The standard InChI is InChI=1S/C27H49N5O5/c1-21(28)20-31-24-13-11-23(12-14-24)26(33)32-25(27(34)35)10-8-16-29-15-6-4-5-7-18-37-19-9-17-30-22(2)36-3/h11,22,25,28-30H,4-10,12-20H2,1-3H3,(H,32,33)(H,34,35). The van der Waals surface area contributed by atoms with Crippen LogP contribution in [-0.2, 0) is 19.1 Å². The van der Waals surface area contributed by atoms with E-state index in [1.165, 1.54) is 0 Å². The molecule has 0 saturated heterocycles. The van der Waals surface area contributed by atoms with Gasteiger partial charge in [0.15, 0.2) is 0 Å². The van der Waals surface area contributed by atoms with Crippen molar-refractivity contribution in [1.29, 1.82) is 5.41 Å². The molecule has 0 spiro atoms. The zero-order valence-corrected chi connectivity index (χ0v) is 23.1. The second kappa shape index (κ2) is 20.9. The van der Waals surface area contributed by atoms with Gasteiger partial charge in [-0.15, -0.1) is 0 Å². The second-order valence-electron chi connectivity index (χ2n) is 9.56. The summed E-state index contributed by atoms with van der Waals surface area (Å²) in [5, 5.41) is 26.2. The van der Waals surface area contributed by atoms with E-state index in [1.54, 1.807) is 14.0 Å². The van der Waals surface area contributed by atoms with Crippen LogP contribution in [0.3, 0.4) is 0 Å². The fourth-order valence-corrected chi connectivity index (χ4v) is 3.84. The third kappa shape index (κ3) is 17.1. The number of hydrogen-bond donors (Lipinski definition) is 5. The Morgan fingerprint density at radius 1 is 1.08 bits per heavy atom. The molecule has 212 valence electrons. The first-order valence-corrected chi connectivity index (χ1v) is 13.7. The van der Waals surface area contributed by atoms with Crippen molar-refractivity contribution in [3.05, 3.63) is 11.6 Å². The van der Waals surface area contributed by atoms with Gasteiger partial charge in [0.1, 0.15) is 12.3 Å². The Bertz CT molecular complexity index is 741. The first-order valence-electron chi connectivity index (χ1n) is 13.7. The predicted octanol–water partition coefficient (Wildman–Crippen LogP) is 3.07. The summed E-state index contributed by atoms with van der Waals surface area (Å²) in [6, 6.07) is -0.884. The van der Waals surface area contributed by atoms with E-state index < -0.39 is 12.0 Å². The summed E-state index contributed by atoms with van der Waals surface area (Å²) in [5.41, 5.74) is 2.11. The zero-order chi connectivity index (χ0) is 27.3. The van der Waals surface area contributed by atoms with Gasteiger partial charge in [0.25, 0.3) is 0 Å². The summed E-state index contributed by atoms with van der Waals surface area (Å²) in [7, 11) is 1.69. The summed E-state index contributed by atoms with van der Waals surface area (Å²) in [6.45, 7) is 8.18. The number of rotatable bonds is 22. The lowest BCUT2D eigenvalue weighted by Crippen LogP contribution is -2.42. The molecule has 0 saturated carbocycles. The van der Waals surface area contributed by atoms with Crippen LogP contribution < -0.4 is 16.0 Å². The summed E-state index contributed by atoms with van der Waals surface area (Å²) in [6.07, 6.45) is 10.2. The number of aliphatic carboxylic acids is 1. The number of hydrogen-bond acceptors (Lipinski definition) is 8. The second-order valence-corrected chi connectivity index (χ2v) is 9.56. The number of nitrogens with zero attached hydrogens (tertiary/aromatic N) is 1. The molecule has 0 fully saturated rings. The van der Waals surface area contributed by atoms with Crippen LogP contribution in [0.4, 0.5) is 0 Å². The molecular formula is C27H49N5O5. The van der Waals surface area contributed by atoms with Gasteiger partial charge >= 0.3 is 5.97 Å². The monoisotopic (exact) mass is 523 g/mol. The van der Waals surface area contributed by atoms with E-state index in [2.05, 4.69) is 20.9 Å². The molecule has 0 aliphatic heterocycles. The Morgan fingerprint density at radius 3 is 2.49 bits per heavy atom. The molecular weight excluding hydrogens is 474 g/mol. The quantitative estimate of drug-likeness (QED) is 0.0833. The topological polar surface area (TPSA) is 145 Å². The maximum atomic E-state index is 12.5. The van der Waals surface area contributed by atoms with Gasteiger partial charge in [-0.1, -0.05) is 18.9 Å². The van der Waals surface area contributed by atoms with E-state index in [1.807, 2.05) is 13.0 Å². The molecule has 0 aromatic rings. The molecule has 10 nitrogen and oxygen atoms in total. The van der Waals surface area contributed by atoms with E-state index in [-0.39, 0.29) is 12.1 Å². The van der Waals surface area contributed by atoms with Gasteiger partial charge in [-0.05, 0) is 78.4 Å². The van der Waals surface area contributed by atoms with Crippen LogP contribution in [0.25, 0.3) is 0 Å². The van der Waals surface area contributed by atoms with Crippen LogP contribution in [0.5, 0.6) is 0 Å². The molecule has 2 unspecified atom stereocenters. The Labute approximate surface area is 222 Å². The van der Waals surface area contributed by atoms with Crippen LogP contribution in [0, 0.1) is 5.41 Å². The molecule has 0 aromatic heterocycles. The average Bonchev–Trinajstić information content (AvgIpc) is 2.88. The van der Waals surface area contributed by atoms with Gasteiger partial charge in [0, 0.05) is 43.7 Å². The van der Waals surface area contributed by atoms with Crippen molar-refractivity contribution < 1.29 is 24.2 Å². The number of carboxylic acid groups (broad SMARTS) is 1. The Kier molecular flexibility index (Phi) is 18.5. The minimum Gasteiger partial charge on any atom is -0.480 e. The van der Waals surface area contributed by atoms with Crippen molar-refractivity contribution in [2.75, 3.05) is 46.5 Å². The minimum atomic E-state index is -1.00. The summed E-state index contributed by atoms with van der Waals surface area (Å²) >= 11 is 0. The molecule has 1 aliphatic rings. The predicted molar refractivity (Wildman–Crippen MR) is 148 cm³/mol. The van der Waals surface area contributed by atoms with E-state index in [4.69, 9.17) is 14.9 Å². The van der Waals surface area contributed by atoms with Crippen LogP contribution in [0.2, 0.25) is 0 Å². The van der Waals surface area contributed by atoms with E-state index in [0.29, 0.717) is 49.9 Å². The number of carbonyl (C=O) groups excluding carboxylic acids is 1. The minimum absolute atomic E-state index is 0.0801. The number of nitrogens with one attached hydrogen (secondary N) is 4. The Morgan fingerprint density at radius 2 is 1.81 bits per heavy atom. The third-order valence-electron chi connectivity index (χ3n) is 6.19. The van der Waals surface area contributed by atoms with Crippen LogP contribution in [-0.4, -0.2) is 87.2 Å². The van der Waals surface area contributed by atoms with Crippen molar-refractivity contribution in [2.45, 2.75) is 90.3 Å². The lowest BCUT2D eigenvalue weighted by atomic mass is 9.96. The lowest BCUT2D eigenvalue weighted by molar-refractivity contribution is -0.141. The van der Waals surface area contributed by atoms with Gasteiger partial charge in [-0.25, -0.2) is 4.79 Å². The number of allylic oxidation sites excluding steroid dienone is 1. The maximum Gasteiger partial charge on any atom is 0.326 e. The van der Waals surface area contributed by atoms with Crippen molar-refractivity contribution in [2.24, 2.45) is 4.99 Å². The zero-order valence-electron chi connectivity index (χ0n) is 23.1. The van der Waals surface area contributed by atoms with Gasteiger partial charge in [0.05, 0.1) is 6.54 Å². The van der Waals surface area contributed by atoms with Crippen molar-refractivity contribution >= 4 is 23.3 Å². The summed E-state index contributed by atoms with van der Waals surface area (Å²) in [4.78, 5) is 28.5. The number of carboxylic acids is 1. The number of aliphatic imine (C=N–C) groups is 1. The van der Waals surface area contributed by atoms with E-state index >= 15 is 0 Å². The van der Waals surface area contributed by atoms with Crippen molar-refractivity contribution in [3.63, 3.8) is 0 Å². The third-order valence-corrected chi connectivity index (χ3v) is 6.19.